The highest BCUT2D eigenvalue weighted by Gasteiger charge is 2.31. The lowest BCUT2D eigenvalue weighted by molar-refractivity contribution is 0.0682. The van der Waals surface area contributed by atoms with E-state index in [9.17, 15) is 20.0 Å². The molecular weight excluding hydrogens is 464 g/mol. The third-order valence-corrected chi connectivity index (χ3v) is 7.98. The topological polar surface area (TPSA) is 128 Å². The van der Waals surface area contributed by atoms with Gasteiger partial charge in [-0.05, 0) is 43.4 Å². The number of rotatable bonds is 5. The van der Waals surface area contributed by atoms with E-state index in [1.807, 2.05) is 17.0 Å². The second-order valence-electron chi connectivity index (χ2n) is 9.22. The van der Waals surface area contributed by atoms with Gasteiger partial charge in [0.05, 0.1) is 41.2 Å². The van der Waals surface area contributed by atoms with E-state index in [-0.39, 0.29) is 36.7 Å². The lowest BCUT2D eigenvalue weighted by Crippen LogP contribution is -2.45. The molecule has 2 aliphatic rings. The normalized spacial score (nSPS) is 20.4. The average molecular weight is 493 g/mol. The summed E-state index contributed by atoms with van der Waals surface area (Å²) in [6.07, 6.45) is 3.44. The van der Waals surface area contributed by atoms with Crippen LogP contribution in [0.2, 0.25) is 0 Å². The van der Waals surface area contributed by atoms with Crippen LogP contribution in [0.1, 0.15) is 46.5 Å². The number of aliphatic hydroxyl groups is 1. The minimum absolute atomic E-state index is 0.0126. The second kappa shape index (κ2) is 9.77. The van der Waals surface area contributed by atoms with Crippen molar-refractivity contribution in [1.82, 2.24) is 14.5 Å². The smallest absolute Gasteiger partial charge is 0.273 e. The van der Waals surface area contributed by atoms with Crippen molar-refractivity contribution in [3.8, 4) is 6.07 Å². The van der Waals surface area contributed by atoms with Crippen molar-refractivity contribution in [1.29, 1.82) is 5.26 Å². The summed E-state index contributed by atoms with van der Waals surface area (Å²) < 4.78 is 2.01. The van der Waals surface area contributed by atoms with Gasteiger partial charge in [-0.2, -0.15) is 5.26 Å². The maximum atomic E-state index is 13.8. The fourth-order valence-electron chi connectivity index (χ4n) is 5.05. The number of benzene rings is 1. The molecule has 5 rings (SSSR count). The van der Waals surface area contributed by atoms with Gasteiger partial charge in [0.15, 0.2) is 0 Å². The van der Waals surface area contributed by atoms with Gasteiger partial charge in [-0.1, -0.05) is 18.2 Å². The Morgan fingerprint density at radius 1 is 1.26 bits per heavy atom. The molecule has 0 unspecified atom stereocenters. The van der Waals surface area contributed by atoms with Crippen LogP contribution >= 0.6 is 11.3 Å². The predicted molar refractivity (Wildman–Crippen MR) is 135 cm³/mol. The Hall–Kier alpha value is -3.26. The van der Waals surface area contributed by atoms with E-state index in [0.717, 1.165) is 49.1 Å². The van der Waals surface area contributed by atoms with Crippen molar-refractivity contribution in [2.75, 3.05) is 31.1 Å². The highest BCUT2D eigenvalue weighted by atomic mass is 32.1. The van der Waals surface area contributed by atoms with Crippen molar-refractivity contribution in [2.24, 2.45) is 5.73 Å². The molecule has 4 heterocycles. The monoisotopic (exact) mass is 492 g/mol. The van der Waals surface area contributed by atoms with Gasteiger partial charge < -0.3 is 20.6 Å². The van der Waals surface area contributed by atoms with E-state index in [0.29, 0.717) is 39.7 Å². The van der Waals surface area contributed by atoms with Crippen LogP contribution in [0.15, 0.2) is 35.1 Å². The first-order valence-electron chi connectivity index (χ1n) is 11.9. The van der Waals surface area contributed by atoms with Gasteiger partial charge in [0.25, 0.3) is 11.5 Å². The number of carbonyl (C=O) groups is 1. The molecule has 2 aromatic heterocycles. The molecule has 2 saturated heterocycles. The number of nitrogens with zero attached hydrogens (tertiary/aromatic N) is 5. The number of hydrogen-bond acceptors (Lipinski definition) is 8. The Balaban J connectivity index is 1.61. The maximum absolute atomic E-state index is 13.8. The van der Waals surface area contributed by atoms with Crippen LogP contribution in [0.3, 0.4) is 0 Å². The Morgan fingerprint density at radius 3 is 2.83 bits per heavy atom. The van der Waals surface area contributed by atoms with Gasteiger partial charge >= 0.3 is 0 Å². The zero-order valence-corrected chi connectivity index (χ0v) is 20.2. The van der Waals surface area contributed by atoms with Gasteiger partial charge in [-0.3, -0.25) is 14.2 Å². The Morgan fingerprint density at radius 2 is 2.06 bits per heavy atom. The van der Waals surface area contributed by atoms with E-state index >= 15 is 0 Å². The first-order chi connectivity index (χ1) is 17.0. The van der Waals surface area contributed by atoms with Crippen molar-refractivity contribution < 1.29 is 9.90 Å². The molecular formula is C25H28N6O3S. The number of amides is 1. The van der Waals surface area contributed by atoms with Crippen molar-refractivity contribution >= 4 is 33.4 Å². The first-order valence-corrected chi connectivity index (χ1v) is 12.8. The van der Waals surface area contributed by atoms with Crippen molar-refractivity contribution in [2.45, 2.75) is 44.3 Å². The third kappa shape index (κ3) is 4.43. The van der Waals surface area contributed by atoms with E-state index in [2.05, 4.69) is 6.07 Å². The number of likely N-dealkylation sites (tertiary alicyclic amines) is 1. The summed E-state index contributed by atoms with van der Waals surface area (Å²) in [5.74, 6) is 0.337. The molecule has 182 valence electrons. The number of thiophene rings is 1. The summed E-state index contributed by atoms with van der Waals surface area (Å²) in [5.41, 5.74) is 7.73. The Kier molecular flexibility index (Phi) is 6.56. The number of aromatic nitrogens is 2. The van der Waals surface area contributed by atoms with Crippen LogP contribution in [-0.2, 0) is 6.54 Å². The lowest BCUT2D eigenvalue weighted by Gasteiger charge is -2.33. The number of fused-ring (bicyclic) bond motifs is 1. The standard InChI is InChI=1S/C25H28N6O3S/c26-12-16-5-1-2-6-17(16)13-31-24(34)22-20(28-25(31)29-9-3-7-18(27)14-29)11-21(35-22)23(33)30-10-4-8-19(30)15-32/h1-2,5-6,11,18-19,32H,3-4,7-10,13-15,27H2/t18-,19+/m1/s1. The molecule has 2 fully saturated rings. The molecule has 2 aliphatic heterocycles. The number of nitrogens with two attached hydrogens (primary N) is 1. The number of anilines is 1. The van der Waals surface area contributed by atoms with Gasteiger partial charge in [0.1, 0.15) is 4.70 Å². The molecule has 0 aliphatic carbocycles. The molecule has 1 aromatic carbocycles. The summed E-state index contributed by atoms with van der Waals surface area (Å²) in [6.45, 7) is 2.04. The van der Waals surface area contributed by atoms with Gasteiger partial charge in [0, 0.05) is 25.7 Å². The van der Waals surface area contributed by atoms with Crippen molar-refractivity contribution in [3.63, 3.8) is 0 Å². The van der Waals surface area contributed by atoms with Crippen LogP contribution in [0, 0.1) is 11.3 Å². The molecule has 3 N–H and O–H groups in total. The minimum Gasteiger partial charge on any atom is -0.394 e. The molecule has 2 atom stereocenters. The fraction of sp³-hybridized carbons (Fsp3) is 0.440. The molecule has 10 heteroatoms. The molecule has 0 radical (unpaired) electrons. The van der Waals surface area contributed by atoms with Crippen LogP contribution in [0.5, 0.6) is 0 Å². The van der Waals surface area contributed by atoms with Crippen LogP contribution < -0.4 is 16.2 Å². The number of aliphatic hydroxyl groups excluding tert-OH is 1. The number of piperidine rings is 1. The van der Waals surface area contributed by atoms with Gasteiger partial charge in [-0.15, -0.1) is 11.3 Å². The average Bonchev–Trinajstić information content (AvgIpc) is 3.53. The van der Waals surface area contributed by atoms with E-state index in [4.69, 9.17) is 10.7 Å². The molecule has 0 bridgehead atoms. The number of hydrogen-bond donors (Lipinski definition) is 2. The summed E-state index contributed by atoms with van der Waals surface area (Å²) >= 11 is 1.15. The highest BCUT2D eigenvalue weighted by molar-refractivity contribution is 7.20. The Bertz CT molecular complexity index is 1360. The molecule has 0 saturated carbocycles. The van der Waals surface area contributed by atoms with Gasteiger partial charge in [-0.25, -0.2) is 4.98 Å². The second-order valence-corrected chi connectivity index (χ2v) is 10.3. The van der Waals surface area contributed by atoms with Gasteiger partial charge in [0.2, 0.25) is 5.95 Å². The summed E-state index contributed by atoms with van der Waals surface area (Å²) in [4.78, 5) is 36.0. The SMILES string of the molecule is N#Cc1ccccc1Cn1c(N2CCC[C@@H](N)C2)nc2cc(C(=O)N3CCC[C@H]3CO)sc2c1=O. The Labute approximate surface area is 207 Å². The minimum atomic E-state index is -0.235. The molecule has 35 heavy (non-hydrogen) atoms. The van der Waals surface area contributed by atoms with Crippen LogP contribution in [0.25, 0.3) is 10.2 Å². The maximum Gasteiger partial charge on any atom is 0.273 e. The zero-order chi connectivity index (χ0) is 24.5. The fourth-order valence-corrected chi connectivity index (χ4v) is 6.05. The van der Waals surface area contributed by atoms with E-state index in [1.54, 1.807) is 27.7 Å². The summed E-state index contributed by atoms with van der Waals surface area (Å²) in [6, 6.07) is 10.9. The quantitative estimate of drug-likeness (QED) is 0.557. The van der Waals surface area contributed by atoms with E-state index < -0.39 is 0 Å². The largest absolute Gasteiger partial charge is 0.394 e. The summed E-state index contributed by atoms with van der Waals surface area (Å²) in [7, 11) is 0. The van der Waals surface area contributed by atoms with Crippen molar-refractivity contribution in [3.05, 3.63) is 56.7 Å². The molecule has 9 nitrogen and oxygen atoms in total. The highest BCUT2D eigenvalue weighted by Crippen LogP contribution is 2.29. The third-order valence-electron chi connectivity index (χ3n) is 6.88. The first kappa shape index (κ1) is 23.5. The lowest BCUT2D eigenvalue weighted by atomic mass is 10.1. The predicted octanol–water partition coefficient (Wildman–Crippen LogP) is 1.90. The molecule has 1 amide bonds. The molecule has 0 spiro atoms. The zero-order valence-electron chi connectivity index (χ0n) is 19.4. The number of nitriles is 1. The van der Waals surface area contributed by atoms with Crippen LogP contribution in [0.4, 0.5) is 5.95 Å². The van der Waals surface area contributed by atoms with Crippen LogP contribution in [-0.4, -0.2) is 63.8 Å². The number of carbonyl (C=O) groups excluding carboxylic acids is 1. The molecule has 3 aromatic rings. The van der Waals surface area contributed by atoms with E-state index in [1.165, 1.54) is 0 Å². The summed E-state index contributed by atoms with van der Waals surface area (Å²) in [5, 5.41) is 19.2.